The summed E-state index contributed by atoms with van der Waals surface area (Å²) in [6, 6.07) is 18.9. The van der Waals surface area contributed by atoms with Crippen LogP contribution in [0.25, 0.3) is 22.0 Å². The van der Waals surface area contributed by atoms with Gasteiger partial charge in [0.05, 0.1) is 18.7 Å². The molecule has 5 heteroatoms. The van der Waals surface area contributed by atoms with Crippen molar-refractivity contribution in [1.29, 1.82) is 0 Å². The maximum atomic E-state index is 12.1. The molecule has 3 heterocycles. The molecule has 0 radical (unpaired) electrons. The Hall–Kier alpha value is -2.76. The number of carbonyl (C=O) groups excluding carboxylic acids is 1. The van der Waals surface area contributed by atoms with E-state index in [2.05, 4.69) is 53.5 Å². The van der Waals surface area contributed by atoms with Crippen LogP contribution in [0.2, 0.25) is 0 Å². The number of rotatable bonds is 4. The normalized spacial score (nSPS) is 19.1. The van der Waals surface area contributed by atoms with Gasteiger partial charge >= 0.3 is 0 Å². The number of piperidine rings is 1. The van der Waals surface area contributed by atoms with Crippen LogP contribution in [0.15, 0.2) is 60.8 Å². The van der Waals surface area contributed by atoms with Crippen molar-refractivity contribution in [2.45, 2.75) is 32.0 Å². The standard InChI is InChI=1S/C26H28N2O3/c1-2-24(29)28-15-12-22(13-16-28)26(30-17-18-31-26)21-10-8-19(9-11-21)23-7-3-5-20-6-4-14-27-25(20)23/h3-11,14,22H,2,12-13,15-18H2,1H3. The van der Waals surface area contributed by atoms with Crippen LogP contribution < -0.4 is 0 Å². The number of amides is 1. The predicted octanol–water partition coefficient (Wildman–Crippen LogP) is 4.75. The molecule has 2 aliphatic heterocycles. The Morgan fingerprint density at radius 2 is 1.74 bits per heavy atom. The molecule has 0 N–H and O–H groups in total. The molecule has 2 aliphatic rings. The third kappa shape index (κ3) is 3.62. The molecule has 1 amide bonds. The first kappa shape index (κ1) is 20.2. The van der Waals surface area contributed by atoms with Crippen LogP contribution >= 0.6 is 0 Å². The van der Waals surface area contributed by atoms with Gasteiger partial charge in [-0.1, -0.05) is 55.5 Å². The Morgan fingerprint density at radius 1 is 1.03 bits per heavy atom. The number of aromatic nitrogens is 1. The van der Waals surface area contributed by atoms with E-state index in [4.69, 9.17) is 9.47 Å². The van der Waals surface area contributed by atoms with Gasteiger partial charge in [-0.05, 0) is 24.5 Å². The zero-order valence-corrected chi connectivity index (χ0v) is 17.9. The Bertz CT molecular complexity index is 1060. The number of hydrogen-bond acceptors (Lipinski definition) is 4. The lowest BCUT2D eigenvalue weighted by atomic mass is 9.83. The molecule has 5 rings (SSSR count). The highest BCUT2D eigenvalue weighted by Gasteiger charge is 2.47. The molecule has 1 aromatic heterocycles. The molecule has 2 aromatic carbocycles. The lowest BCUT2D eigenvalue weighted by molar-refractivity contribution is -0.214. The van der Waals surface area contributed by atoms with Gasteiger partial charge in [0.1, 0.15) is 0 Å². The van der Waals surface area contributed by atoms with Gasteiger partial charge in [-0.25, -0.2) is 0 Å². The number of pyridine rings is 1. The highest BCUT2D eigenvalue weighted by atomic mass is 16.7. The van der Waals surface area contributed by atoms with Crippen molar-refractivity contribution in [1.82, 2.24) is 9.88 Å². The second-order valence-corrected chi connectivity index (χ2v) is 8.33. The van der Waals surface area contributed by atoms with Crippen LogP contribution in [0.1, 0.15) is 31.7 Å². The minimum Gasteiger partial charge on any atom is -0.343 e. The third-order valence-electron chi connectivity index (χ3n) is 6.63. The summed E-state index contributed by atoms with van der Waals surface area (Å²) >= 11 is 0. The molecular weight excluding hydrogens is 388 g/mol. The summed E-state index contributed by atoms with van der Waals surface area (Å²) in [5.74, 6) is -0.244. The van der Waals surface area contributed by atoms with Crippen molar-refractivity contribution < 1.29 is 14.3 Å². The molecule has 160 valence electrons. The molecule has 5 nitrogen and oxygen atoms in total. The Kier molecular flexibility index (Phi) is 5.47. The van der Waals surface area contributed by atoms with Crippen molar-refractivity contribution in [2.24, 2.45) is 5.92 Å². The van der Waals surface area contributed by atoms with E-state index in [1.165, 1.54) is 0 Å². The minimum absolute atomic E-state index is 0.230. The lowest BCUT2D eigenvalue weighted by Crippen LogP contribution is -2.45. The quantitative estimate of drug-likeness (QED) is 0.616. The monoisotopic (exact) mass is 416 g/mol. The Morgan fingerprint density at radius 3 is 2.45 bits per heavy atom. The maximum Gasteiger partial charge on any atom is 0.222 e. The van der Waals surface area contributed by atoms with Crippen LogP contribution in [0.3, 0.4) is 0 Å². The summed E-state index contributed by atoms with van der Waals surface area (Å²) in [5, 5.41) is 1.14. The van der Waals surface area contributed by atoms with Gasteiger partial charge in [0.25, 0.3) is 0 Å². The average molecular weight is 417 g/mol. The van der Waals surface area contributed by atoms with Crippen molar-refractivity contribution in [3.63, 3.8) is 0 Å². The van der Waals surface area contributed by atoms with Crippen molar-refractivity contribution in [3.8, 4) is 11.1 Å². The molecule has 0 atom stereocenters. The van der Waals surface area contributed by atoms with Crippen molar-refractivity contribution in [3.05, 3.63) is 66.4 Å². The first-order valence-corrected chi connectivity index (χ1v) is 11.2. The first-order valence-electron chi connectivity index (χ1n) is 11.2. The van der Waals surface area contributed by atoms with Crippen LogP contribution in [-0.4, -0.2) is 42.1 Å². The molecule has 0 saturated carbocycles. The van der Waals surface area contributed by atoms with E-state index in [1.54, 1.807) is 0 Å². The van der Waals surface area contributed by atoms with Crippen molar-refractivity contribution >= 4 is 16.8 Å². The molecule has 31 heavy (non-hydrogen) atoms. The minimum atomic E-state index is -0.711. The van der Waals surface area contributed by atoms with E-state index in [0.29, 0.717) is 19.6 Å². The summed E-state index contributed by atoms with van der Waals surface area (Å²) < 4.78 is 12.5. The molecule has 3 aromatic rings. The summed E-state index contributed by atoms with van der Waals surface area (Å²) in [6.07, 6.45) is 4.18. The van der Waals surface area contributed by atoms with E-state index in [1.807, 2.05) is 24.1 Å². The van der Waals surface area contributed by atoms with Crippen molar-refractivity contribution in [2.75, 3.05) is 26.3 Å². The van der Waals surface area contributed by atoms with Gasteiger partial charge in [0, 0.05) is 48.1 Å². The van der Waals surface area contributed by atoms with Crippen LogP contribution in [0, 0.1) is 5.92 Å². The Balaban J connectivity index is 1.43. The smallest absolute Gasteiger partial charge is 0.222 e. The summed E-state index contributed by atoms with van der Waals surface area (Å²) in [4.78, 5) is 18.6. The van der Waals surface area contributed by atoms with Crippen LogP contribution in [-0.2, 0) is 20.1 Å². The molecule has 0 unspecified atom stereocenters. The van der Waals surface area contributed by atoms with Gasteiger partial charge in [0.2, 0.25) is 5.91 Å². The fourth-order valence-electron chi connectivity index (χ4n) is 5.02. The predicted molar refractivity (Wildman–Crippen MR) is 120 cm³/mol. The zero-order valence-electron chi connectivity index (χ0n) is 17.9. The van der Waals surface area contributed by atoms with E-state index < -0.39 is 5.79 Å². The number of nitrogens with zero attached hydrogens (tertiary/aromatic N) is 2. The first-order chi connectivity index (χ1) is 15.2. The molecule has 0 spiro atoms. The van der Waals surface area contributed by atoms with Crippen LogP contribution in [0.4, 0.5) is 0 Å². The lowest BCUT2D eigenvalue weighted by Gasteiger charge is -2.41. The Labute approximate surface area is 183 Å². The molecule has 0 bridgehead atoms. The topological polar surface area (TPSA) is 51.7 Å². The number of likely N-dealkylation sites (tertiary alicyclic amines) is 1. The highest BCUT2D eigenvalue weighted by molar-refractivity contribution is 5.93. The summed E-state index contributed by atoms with van der Waals surface area (Å²) in [7, 11) is 0. The summed E-state index contributed by atoms with van der Waals surface area (Å²) in [5.41, 5.74) is 4.32. The molecule has 0 aliphatic carbocycles. The van der Waals surface area contributed by atoms with E-state index in [9.17, 15) is 4.79 Å². The number of fused-ring (bicyclic) bond motifs is 1. The molecule has 2 fully saturated rings. The summed E-state index contributed by atoms with van der Waals surface area (Å²) in [6.45, 7) is 4.66. The van der Waals surface area contributed by atoms with E-state index >= 15 is 0 Å². The second kappa shape index (κ2) is 8.40. The van der Waals surface area contributed by atoms with Gasteiger partial charge in [-0.15, -0.1) is 0 Å². The highest BCUT2D eigenvalue weighted by Crippen LogP contribution is 2.44. The molecule has 2 saturated heterocycles. The number of benzene rings is 2. The number of ether oxygens (including phenoxy) is 2. The second-order valence-electron chi connectivity index (χ2n) is 8.33. The van der Waals surface area contributed by atoms with Gasteiger partial charge in [-0.2, -0.15) is 0 Å². The van der Waals surface area contributed by atoms with Gasteiger partial charge in [0.15, 0.2) is 5.79 Å². The fraction of sp³-hybridized carbons (Fsp3) is 0.385. The fourth-order valence-corrected chi connectivity index (χ4v) is 5.02. The third-order valence-corrected chi connectivity index (χ3v) is 6.63. The zero-order chi connectivity index (χ0) is 21.3. The SMILES string of the molecule is CCC(=O)N1CCC(C2(c3ccc(-c4cccc5cccnc45)cc3)OCCO2)CC1. The van der Waals surface area contributed by atoms with E-state index in [-0.39, 0.29) is 11.8 Å². The number of para-hydroxylation sites is 1. The van der Waals surface area contributed by atoms with Crippen LogP contribution in [0.5, 0.6) is 0 Å². The van der Waals surface area contributed by atoms with Gasteiger partial charge in [-0.3, -0.25) is 9.78 Å². The average Bonchev–Trinajstić information content (AvgIpc) is 3.35. The van der Waals surface area contributed by atoms with Gasteiger partial charge < -0.3 is 14.4 Å². The largest absolute Gasteiger partial charge is 0.343 e. The van der Waals surface area contributed by atoms with E-state index in [0.717, 1.165) is 53.5 Å². The maximum absolute atomic E-state index is 12.1. The molecular formula is C26H28N2O3. The number of hydrogen-bond donors (Lipinski definition) is 0. The number of carbonyl (C=O) groups is 1.